The van der Waals surface area contributed by atoms with Crippen molar-refractivity contribution in [2.24, 2.45) is 5.92 Å². The number of anilines is 4. The highest BCUT2D eigenvalue weighted by Gasteiger charge is 2.33. The maximum absolute atomic E-state index is 14.5. The minimum atomic E-state index is -0.444. The van der Waals surface area contributed by atoms with Gasteiger partial charge in [0.2, 0.25) is 5.95 Å². The lowest BCUT2D eigenvalue weighted by Gasteiger charge is -2.31. The number of hydrogen-bond donors (Lipinski definition) is 3. The number of urea groups is 1. The Morgan fingerprint density at radius 1 is 0.863 bits per heavy atom. The second-order valence-electron chi connectivity index (χ2n) is 14.6. The van der Waals surface area contributed by atoms with Crippen LogP contribution in [0.2, 0.25) is 0 Å². The largest absolute Gasteiger partial charge is 0.324 e. The van der Waals surface area contributed by atoms with E-state index in [2.05, 4.69) is 46.7 Å². The molecule has 0 bridgehead atoms. The number of aromatic nitrogens is 4. The van der Waals surface area contributed by atoms with Gasteiger partial charge in [0.25, 0.3) is 0 Å². The summed E-state index contributed by atoms with van der Waals surface area (Å²) in [5.41, 5.74) is 7.32. The van der Waals surface area contributed by atoms with Gasteiger partial charge in [0.05, 0.1) is 17.3 Å². The Kier molecular flexibility index (Phi) is 10.3. The zero-order valence-electron chi connectivity index (χ0n) is 30.6. The summed E-state index contributed by atoms with van der Waals surface area (Å²) in [6.07, 6.45) is 1.71. The van der Waals surface area contributed by atoms with Crippen LogP contribution in [0.3, 0.4) is 0 Å². The van der Waals surface area contributed by atoms with Crippen LogP contribution in [0.5, 0.6) is 0 Å². The van der Waals surface area contributed by atoms with Crippen molar-refractivity contribution in [3.63, 3.8) is 0 Å². The summed E-state index contributed by atoms with van der Waals surface area (Å²) in [5, 5.41) is 14.4. The number of amides is 2. The fourth-order valence-electron chi connectivity index (χ4n) is 6.66. The molecule has 10 heteroatoms. The van der Waals surface area contributed by atoms with Gasteiger partial charge in [-0.25, -0.2) is 19.4 Å². The monoisotopic (exact) mass is 684 g/mol. The van der Waals surface area contributed by atoms with E-state index < -0.39 is 11.9 Å². The second-order valence-corrected chi connectivity index (χ2v) is 14.6. The van der Waals surface area contributed by atoms with Crippen molar-refractivity contribution in [3.05, 3.63) is 119 Å². The number of carbonyl (C=O) groups is 2. The number of rotatable bonds is 9. The lowest BCUT2D eigenvalue weighted by molar-refractivity contribution is 0.0916. The topological polar surface area (TPSA) is 117 Å². The lowest BCUT2D eigenvalue weighted by atomic mass is 9.75. The first-order valence-corrected chi connectivity index (χ1v) is 17.6. The van der Waals surface area contributed by atoms with Gasteiger partial charge in [-0.05, 0) is 107 Å². The van der Waals surface area contributed by atoms with Crippen molar-refractivity contribution >= 4 is 35.0 Å². The molecule has 3 heterocycles. The minimum absolute atomic E-state index is 0.0284. The van der Waals surface area contributed by atoms with Gasteiger partial charge in [-0.15, -0.1) is 0 Å². The van der Waals surface area contributed by atoms with E-state index in [1.54, 1.807) is 4.68 Å². The fraction of sp³-hybridized carbons (Fsp3) is 0.341. The molecule has 264 valence electrons. The van der Waals surface area contributed by atoms with Crippen LogP contribution in [0.15, 0.2) is 84.9 Å². The van der Waals surface area contributed by atoms with E-state index in [0.717, 1.165) is 65.5 Å². The molecule has 3 aromatic carbocycles. The zero-order valence-corrected chi connectivity index (χ0v) is 30.6. The highest BCUT2D eigenvalue weighted by Crippen LogP contribution is 2.38. The Labute approximate surface area is 300 Å². The molecule has 6 rings (SSSR count). The maximum atomic E-state index is 14.5. The summed E-state index contributed by atoms with van der Waals surface area (Å²) in [7, 11) is 1.92. The molecule has 1 aliphatic rings. The number of ketones is 1. The summed E-state index contributed by atoms with van der Waals surface area (Å²) in [4.78, 5) is 39.4. The summed E-state index contributed by atoms with van der Waals surface area (Å²) >= 11 is 0. The third kappa shape index (κ3) is 8.18. The molecule has 1 aliphatic heterocycles. The number of benzene rings is 3. The van der Waals surface area contributed by atoms with Gasteiger partial charge in [0.15, 0.2) is 5.78 Å². The second kappa shape index (κ2) is 14.9. The average Bonchev–Trinajstić information content (AvgIpc) is 3.53. The van der Waals surface area contributed by atoms with E-state index in [9.17, 15) is 9.59 Å². The van der Waals surface area contributed by atoms with E-state index in [-0.39, 0.29) is 17.1 Å². The highest BCUT2D eigenvalue weighted by molar-refractivity contribution is 6.04. The smallest absolute Gasteiger partial charge is 0.317 e. The van der Waals surface area contributed by atoms with Crippen molar-refractivity contribution in [3.8, 4) is 5.69 Å². The van der Waals surface area contributed by atoms with Gasteiger partial charge in [0, 0.05) is 46.9 Å². The average molecular weight is 685 g/mol. The molecule has 1 atom stereocenters. The number of Topliss-reactive ketones (excluding diaryl/α,β-unsaturated/α-hetero) is 1. The molecule has 0 spiro atoms. The van der Waals surface area contributed by atoms with Crippen molar-refractivity contribution < 1.29 is 9.59 Å². The molecule has 2 aromatic heterocycles. The quantitative estimate of drug-likeness (QED) is 0.134. The van der Waals surface area contributed by atoms with Gasteiger partial charge in [-0.2, -0.15) is 5.10 Å². The normalized spacial score (nSPS) is 14.2. The first kappa shape index (κ1) is 35.5. The van der Waals surface area contributed by atoms with Crippen molar-refractivity contribution in [2.75, 3.05) is 35.7 Å². The fourth-order valence-corrected chi connectivity index (χ4v) is 6.66. The molecule has 0 aliphatic carbocycles. The third-order valence-electron chi connectivity index (χ3n) is 9.49. The number of carbonyl (C=O) groups excluding carboxylic acids is 2. The Balaban J connectivity index is 1.28. The van der Waals surface area contributed by atoms with Gasteiger partial charge in [0.1, 0.15) is 5.82 Å². The van der Waals surface area contributed by atoms with Crippen molar-refractivity contribution in [2.45, 2.75) is 65.7 Å². The summed E-state index contributed by atoms with van der Waals surface area (Å²) in [6, 6.07) is 26.8. The number of aryl methyl sites for hydroxylation is 3. The van der Waals surface area contributed by atoms with Gasteiger partial charge < -0.3 is 15.5 Å². The number of hydrogen-bond acceptors (Lipinski definition) is 7. The van der Waals surface area contributed by atoms with Crippen LogP contribution in [-0.2, 0) is 5.41 Å². The molecule has 1 saturated heterocycles. The van der Waals surface area contributed by atoms with Gasteiger partial charge in [-0.3, -0.25) is 10.1 Å². The van der Waals surface area contributed by atoms with Crippen LogP contribution < -0.4 is 20.9 Å². The SMILES string of the molecule is Cc1ccc(-n2nc(C(C)(C)C)cc2NC(=O)Nc2ccccc2C(C(=O)c2ccc(N(C)c3nc(C)cc(C)n3)cc2)C2CCNCC2)cc1. The molecule has 10 nitrogen and oxygen atoms in total. The number of para-hydroxylation sites is 1. The molecule has 3 N–H and O–H groups in total. The molecule has 0 radical (unpaired) electrons. The van der Waals surface area contributed by atoms with Crippen molar-refractivity contribution in [1.29, 1.82) is 0 Å². The highest BCUT2D eigenvalue weighted by atomic mass is 16.2. The van der Waals surface area contributed by atoms with E-state index in [4.69, 9.17) is 5.10 Å². The molecule has 1 fully saturated rings. The molecular formula is C41H48N8O2. The van der Waals surface area contributed by atoms with Crippen LogP contribution in [0, 0.1) is 26.7 Å². The Morgan fingerprint density at radius 2 is 1.51 bits per heavy atom. The van der Waals surface area contributed by atoms with E-state index in [0.29, 0.717) is 23.0 Å². The first-order chi connectivity index (χ1) is 24.4. The predicted molar refractivity (Wildman–Crippen MR) is 205 cm³/mol. The van der Waals surface area contributed by atoms with E-state index in [1.807, 2.05) is 118 Å². The van der Waals surface area contributed by atoms with Crippen LogP contribution in [0.4, 0.5) is 27.9 Å². The predicted octanol–water partition coefficient (Wildman–Crippen LogP) is 8.26. The molecule has 5 aromatic rings. The van der Waals surface area contributed by atoms with Crippen LogP contribution in [0.25, 0.3) is 5.69 Å². The minimum Gasteiger partial charge on any atom is -0.317 e. The summed E-state index contributed by atoms with van der Waals surface area (Å²) in [6.45, 7) is 13.9. The standard InChI is InChI=1S/C41H48N8O2/c1-26-12-16-32(17-13-26)49-36(25-35(47-49)41(4,5)6)46-40(51)45-34-11-9-8-10-33(34)37(29-20-22-42-23-21-29)38(50)30-14-18-31(19-15-30)48(7)39-43-27(2)24-28(3)44-39/h8-19,24-25,29,37,42H,20-23H2,1-7H3,(H2,45,46,51). The van der Waals surface area contributed by atoms with Crippen LogP contribution >= 0.6 is 0 Å². The molecule has 51 heavy (non-hydrogen) atoms. The first-order valence-electron chi connectivity index (χ1n) is 17.6. The summed E-state index contributed by atoms with van der Waals surface area (Å²) < 4.78 is 1.76. The van der Waals surface area contributed by atoms with Gasteiger partial charge >= 0.3 is 6.03 Å². The van der Waals surface area contributed by atoms with Crippen molar-refractivity contribution in [1.82, 2.24) is 25.1 Å². The molecular weight excluding hydrogens is 637 g/mol. The summed E-state index contributed by atoms with van der Waals surface area (Å²) in [5.74, 6) is 0.851. The molecule has 1 unspecified atom stereocenters. The number of piperidine rings is 1. The van der Waals surface area contributed by atoms with E-state index >= 15 is 0 Å². The maximum Gasteiger partial charge on any atom is 0.324 e. The van der Waals surface area contributed by atoms with Crippen LogP contribution in [-0.4, -0.2) is 51.7 Å². The Bertz CT molecular complexity index is 1980. The number of nitrogens with one attached hydrogen (secondary N) is 3. The third-order valence-corrected chi connectivity index (χ3v) is 9.49. The Hall–Kier alpha value is -5.35. The number of nitrogens with zero attached hydrogens (tertiary/aromatic N) is 5. The zero-order chi connectivity index (χ0) is 36.3. The molecule has 2 amide bonds. The lowest BCUT2D eigenvalue weighted by Crippen LogP contribution is -2.34. The molecule has 0 saturated carbocycles. The Morgan fingerprint density at radius 3 is 2.16 bits per heavy atom. The van der Waals surface area contributed by atoms with Gasteiger partial charge in [-0.1, -0.05) is 56.7 Å². The van der Waals surface area contributed by atoms with Crippen LogP contribution in [0.1, 0.15) is 78.1 Å². The van der Waals surface area contributed by atoms with E-state index in [1.165, 1.54) is 0 Å².